The van der Waals surface area contributed by atoms with E-state index in [2.05, 4.69) is 15.2 Å². The predicted octanol–water partition coefficient (Wildman–Crippen LogP) is 3.05. The summed E-state index contributed by atoms with van der Waals surface area (Å²) in [6, 6.07) is 11.6. The third-order valence-corrected chi connectivity index (χ3v) is 6.36. The normalized spacial score (nSPS) is 18.7. The Labute approximate surface area is 151 Å². The Hall–Kier alpha value is -2.58. The van der Waals surface area contributed by atoms with Gasteiger partial charge in [0.15, 0.2) is 0 Å². The summed E-state index contributed by atoms with van der Waals surface area (Å²) in [6.45, 7) is 0.437. The highest BCUT2D eigenvalue weighted by Gasteiger charge is 2.37. The molecule has 2 aromatic heterocycles. The molecule has 0 unspecified atom stereocenters. The molecule has 0 aliphatic carbocycles. The molecular weight excluding hydrogens is 352 g/mol. The van der Waals surface area contributed by atoms with Crippen LogP contribution in [0.15, 0.2) is 64.2 Å². The van der Waals surface area contributed by atoms with Gasteiger partial charge < -0.3 is 4.42 Å². The third kappa shape index (κ3) is 3.13. The van der Waals surface area contributed by atoms with E-state index >= 15 is 0 Å². The lowest BCUT2D eigenvalue weighted by atomic mass is 10.1. The molecule has 134 valence electrons. The van der Waals surface area contributed by atoms with Gasteiger partial charge in [0.05, 0.1) is 10.5 Å². The van der Waals surface area contributed by atoms with Crippen LogP contribution < -0.4 is 0 Å². The van der Waals surface area contributed by atoms with E-state index in [1.165, 1.54) is 4.31 Å². The molecule has 1 aliphatic heterocycles. The molecule has 4 rings (SSSR count). The van der Waals surface area contributed by atoms with Gasteiger partial charge >= 0.3 is 0 Å². The SMILES string of the molecule is O=S(=O)(c1ccccc1)N1CCCC[C@H]1c1nnc(-c2cccnc2)o1. The largest absolute Gasteiger partial charge is 0.419 e. The molecular formula is C18H18N4O3S. The highest BCUT2D eigenvalue weighted by Crippen LogP contribution is 2.35. The average Bonchev–Trinajstić information content (AvgIpc) is 3.19. The first-order valence-electron chi connectivity index (χ1n) is 8.47. The summed E-state index contributed by atoms with van der Waals surface area (Å²) in [7, 11) is -3.62. The van der Waals surface area contributed by atoms with Crippen molar-refractivity contribution >= 4 is 10.0 Å². The van der Waals surface area contributed by atoms with E-state index in [0.29, 0.717) is 30.3 Å². The van der Waals surface area contributed by atoms with Gasteiger partial charge in [0.2, 0.25) is 21.8 Å². The van der Waals surface area contributed by atoms with E-state index in [9.17, 15) is 8.42 Å². The number of rotatable bonds is 4. The molecule has 1 aliphatic rings. The number of sulfonamides is 1. The van der Waals surface area contributed by atoms with Crippen LogP contribution in [0.2, 0.25) is 0 Å². The Morgan fingerprint density at radius 2 is 1.88 bits per heavy atom. The van der Waals surface area contributed by atoms with Crippen LogP contribution in [0.3, 0.4) is 0 Å². The standard InChI is InChI=1S/C18H18N4O3S/c23-26(24,15-8-2-1-3-9-15)22-12-5-4-10-16(22)18-21-20-17(25-18)14-7-6-11-19-13-14/h1-3,6-9,11,13,16H,4-5,10,12H2/t16-/m0/s1. The Balaban J connectivity index is 1.68. The van der Waals surface area contributed by atoms with Crippen molar-refractivity contribution in [1.29, 1.82) is 0 Å². The maximum Gasteiger partial charge on any atom is 0.249 e. The van der Waals surface area contributed by atoms with Gasteiger partial charge in [0, 0.05) is 18.9 Å². The number of hydrogen-bond donors (Lipinski definition) is 0. The second-order valence-corrected chi connectivity index (χ2v) is 8.02. The second-order valence-electron chi connectivity index (χ2n) is 6.13. The van der Waals surface area contributed by atoms with Crippen molar-refractivity contribution in [3.05, 3.63) is 60.7 Å². The van der Waals surface area contributed by atoms with Crippen molar-refractivity contribution < 1.29 is 12.8 Å². The number of nitrogens with zero attached hydrogens (tertiary/aromatic N) is 4. The number of pyridine rings is 1. The fraction of sp³-hybridized carbons (Fsp3) is 0.278. The van der Waals surface area contributed by atoms with Crippen LogP contribution in [0.4, 0.5) is 0 Å². The topological polar surface area (TPSA) is 89.2 Å². The number of piperidine rings is 1. The summed E-state index contributed by atoms with van der Waals surface area (Å²) in [5.41, 5.74) is 0.708. The summed E-state index contributed by atoms with van der Waals surface area (Å²) < 4.78 is 33.4. The van der Waals surface area contributed by atoms with Crippen molar-refractivity contribution in [2.24, 2.45) is 0 Å². The summed E-state index contributed by atoms with van der Waals surface area (Å²) in [5.74, 6) is 0.666. The summed E-state index contributed by atoms with van der Waals surface area (Å²) in [6.07, 6.45) is 5.68. The molecule has 7 nitrogen and oxygen atoms in total. The molecule has 0 bridgehead atoms. The monoisotopic (exact) mass is 370 g/mol. The maximum atomic E-state index is 13.1. The van der Waals surface area contributed by atoms with Crippen LogP contribution in [-0.2, 0) is 10.0 Å². The third-order valence-electron chi connectivity index (χ3n) is 4.44. The van der Waals surface area contributed by atoms with Crippen molar-refractivity contribution in [2.75, 3.05) is 6.54 Å². The molecule has 0 N–H and O–H groups in total. The second kappa shape index (κ2) is 6.97. The molecule has 3 aromatic rings. The number of aromatic nitrogens is 3. The van der Waals surface area contributed by atoms with E-state index in [-0.39, 0.29) is 4.90 Å². The minimum Gasteiger partial charge on any atom is -0.419 e. The molecule has 1 aromatic carbocycles. The molecule has 3 heterocycles. The average molecular weight is 370 g/mol. The first-order valence-corrected chi connectivity index (χ1v) is 9.91. The minimum absolute atomic E-state index is 0.277. The first-order chi connectivity index (χ1) is 12.7. The summed E-state index contributed by atoms with van der Waals surface area (Å²) >= 11 is 0. The lowest BCUT2D eigenvalue weighted by Crippen LogP contribution is -2.38. The zero-order valence-electron chi connectivity index (χ0n) is 14.0. The van der Waals surface area contributed by atoms with Crippen molar-refractivity contribution in [3.8, 4) is 11.5 Å². The molecule has 26 heavy (non-hydrogen) atoms. The number of hydrogen-bond acceptors (Lipinski definition) is 6. The Bertz CT molecular complexity index is 974. The highest BCUT2D eigenvalue weighted by molar-refractivity contribution is 7.89. The van der Waals surface area contributed by atoms with Gasteiger partial charge in [0.1, 0.15) is 6.04 Å². The summed E-state index contributed by atoms with van der Waals surface area (Å²) in [5, 5.41) is 8.20. The van der Waals surface area contributed by atoms with Crippen molar-refractivity contribution in [1.82, 2.24) is 19.5 Å². The lowest BCUT2D eigenvalue weighted by Gasteiger charge is -2.32. The minimum atomic E-state index is -3.62. The van der Waals surface area contributed by atoms with Crippen LogP contribution in [-0.4, -0.2) is 34.4 Å². The van der Waals surface area contributed by atoms with Gasteiger partial charge in [-0.25, -0.2) is 8.42 Å². The molecule has 0 amide bonds. The Morgan fingerprint density at radius 3 is 2.65 bits per heavy atom. The highest BCUT2D eigenvalue weighted by atomic mass is 32.2. The van der Waals surface area contributed by atoms with Crippen LogP contribution in [0.25, 0.3) is 11.5 Å². The van der Waals surface area contributed by atoms with Crippen LogP contribution in [0.5, 0.6) is 0 Å². The van der Waals surface area contributed by atoms with E-state index in [0.717, 1.165) is 12.8 Å². The van der Waals surface area contributed by atoms with Gasteiger partial charge in [-0.15, -0.1) is 10.2 Å². The molecule has 1 atom stereocenters. The van der Waals surface area contributed by atoms with Gasteiger partial charge in [0.25, 0.3) is 0 Å². The van der Waals surface area contributed by atoms with E-state index in [1.807, 2.05) is 6.07 Å². The first kappa shape index (κ1) is 16.9. The Morgan fingerprint density at radius 1 is 1.04 bits per heavy atom. The predicted molar refractivity (Wildman–Crippen MR) is 94.5 cm³/mol. The molecule has 8 heteroatoms. The van der Waals surface area contributed by atoms with Crippen LogP contribution in [0.1, 0.15) is 31.2 Å². The zero-order chi connectivity index (χ0) is 18.0. The molecule has 0 saturated carbocycles. The van der Waals surface area contributed by atoms with Crippen LogP contribution in [0, 0.1) is 0 Å². The quantitative estimate of drug-likeness (QED) is 0.701. The summed E-state index contributed by atoms with van der Waals surface area (Å²) in [4.78, 5) is 4.32. The Kier molecular flexibility index (Phi) is 4.52. The molecule has 1 saturated heterocycles. The lowest BCUT2D eigenvalue weighted by molar-refractivity contribution is 0.220. The molecule has 0 spiro atoms. The fourth-order valence-electron chi connectivity index (χ4n) is 3.14. The smallest absolute Gasteiger partial charge is 0.249 e. The number of benzene rings is 1. The van der Waals surface area contributed by atoms with Crippen molar-refractivity contribution in [3.63, 3.8) is 0 Å². The molecule has 1 fully saturated rings. The molecule has 0 radical (unpaired) electrons. The van der Waals surface area contributed by atoms with Gasteiger partial charge in [-0.05, 0) is 37.1 Å². The van der Waals surface area contributed by atoms with Crippen molar-refractivity contribution in [2.45, 2.75) is 30.2 Å². The van der Waals surface area contributed by atoms with E-state index in [1.54, 1.807) is 48.8 Å². The van der Waals surface area contributed by atoms with E-state index < -0.39 is 16.1 Å². The van der Waals surface area contributed by atoms with Gasteiger partial charge in [-0.2, -0.15) is 4.31 Å². The zero-order valence-corrected chi connectivity index (χ0v) is 14.8. The van der Waals surface area contributed by atoms with Gasteiger partial charge in [-0.3, -0.25) is 4.98 Å². The van der Waals surface area contributed by atoms with Crippen LogP contribution >= 0.6 is 0 Å². The van der Waals surface area contributed by atoms with E-state index in [4.69, 9.17) is 4.42 Å². The fourth-order valence-corrected chi connectivity index (χ4v) is 4.81. The maximum absolute atomic E-state index is 13.1. The van der Waals surface area contributed by atoms with Gasteiger partial charge in [-0.1, -0.05) is 24.6 Å².